The summed E-state index contributed by atoms with van der Waals surface area (Å²) < 4.78 is 6.09. The van der Waals surface area contributed by atoms with E-state index in [1.165, 1.54) is 11.1 Å². The predicted molar refractivity (Wildman–Crippen MR) is 125 cm³/mol. The van der Waals surface area contributed by atoms with Crippen LogP contribution in [0.5, 0.6) is 11.5 Å². The summed E-state index contributed by atoms with van der Waals surface area (Å²) in [6.07, 6.45) is 0.962. The third kappa shape index (κ3) is 3.63. The minimum atomic E-state index is -0.182. The first-order valence-electron chi connectivity index (χ1n) is 10.7. The van der Waals surface area contributed by atoms with Crippen molar-refractivity contribution in [3.05, 3.63) is 130 Å². The van der Waals surface area contributed by atoms with Crippen LogP contribution >= 0.6 is 0 Å². The molecule has 0 aromatic heterocycles. The number of fused-ring (bicyclic) bond motifs is 2. The summed E-state index contributed by atoms with van der Waals surface area (Å²) in [5, 5.41) is 0. The lowest BCUT2D eigenvalue weighted by molar-refractivity contribution is 0.0977. The van der Waals surface area contributed by atoms with Crippen LogP contribution in [0.2, 0.25) is 0 Å². The molecule has 0 saturated heterocycles. The minimum absolute atomic E-state index is 0.147. The number of benzene rings is 4. The van der Waals surface area contributed by atoms with Gasteiger partial charge in [0.2, 0.25) is 0 Å². The van der Waals surface area contributed by atoms with Gasteiger partial charge in [0, 0.05) is 16.7 Å². The molecule has 32 heavy (non-hydrogen) atoms. The second-order valence-corrected chi connectivity index (χ2v) is 8.14. The Hall–Kier alpha value is -3.98. The molecular weight excluding hydrogens is 396 g/mol. The van der Waals surface area contributed by atoms with Crippen molar-refractivity contribution >= 4 is 11.6 Å². The number of hydrogen-bond donors (Lipinski definition) is 0. The Morgan fingerprint density at radius 1 is 0.656 bits per heavy atom. The molecule has 1 aliphatic rings. The molecule has 4 aromatic rings. The molecule has 156 valence electrons. The van der Waals surface area contributed by atoms with E-state index in [1.807, 2.05) is 18.2 Å². The largest absolute Gasteiger partial charge is 0.457 e. The summed E-state index contributed by atoms with van der Waals surface area (Å²) in [4.78, 5) is 26.1. The van der Waals surface area contributed by atoms with Crippen molar-refractivity contribution < 1.29 is 14.3 Å². The first-order chi connectivity index (χ1) is 15.6. The maximum Gasteiger partial charge on any atom is 0.198 e. The molecule has 1 atom stereocenters. The second-order valence-electron chi connectivity index (χ2n) is 8.14. The highest BCUT2D eigenvalue weighted by Crippen LogP contribution is 2.35. The fraction of sp³-hybridized carbons (Fsp3) is 0.103. The lowest BCUT2D eigenvalue weighted by Gasteiger charge is -2.20. The second kappa shape index (κ2) is 8.27. The van der Waals surface area contributed by atoms with E-state index in [-0.39, 0.29) is 11.6 Å². The van der Waals surface area contributed by atoms with Gasteiger partial charge in [0.15, 0.2) is 11.6 Å². The summed E-state index contributed by atoms with van der Waals surface area (Å²) in [6.45, 7) is 2.21. The summed E-state index contributed by atoms with van der Waals surface area (Å²) >= 11 is 0. The highest BCUT2D eigenvalue weighted by atomic mass is 16.5. The van der Waals surface area contributed by atoms with Gasteiger partial charge in [0.1, 0.15) is 11.5 Å². The van der Waals surface area contributed by atoms with Crippen LogP contribution in [-0.4, -0.2) is 11.6 Å². The molecule has 1 aliphatic carbocycles. The van der Waals surface area contributed by atoms with E-state index in [0.717, 1.165) is 6.42 Å². The van der Waals surface area contributed by atoms with Crippen molar-refractivity contribution in [1.29, 1.82) is 0 Å². The van der Waals surface area contributed by atoms with E-state index in [4.69, 9.17) is 4.74 Å². The smallest absolute Gasteiger partial charge is 0.198 e. The lowest BCUT2D eigenvalue weighted by atomic mass is 9.83. The molecule has 0 fully saturated rings. The van der Waals surface area contributed by atoms with Crippen molar-refractivity contribution in [2.45, 2.75) is 19.3 Å². The number of carbonyl (C=O) groups excluding carboxylic acids is 2. The van der Waals surface area contributed by atoms with Crippen LogP contribution in [0, 0.1) is 0 Å². The molecule has 0 radical (unpaired) electrons. The fourth-order valence-corrected chi connectivity index (χ4v) is 4.28. The molecule has 3 heteroatoms. The van der Waals surface area contributed by atoms with Gasteiger partial charge in [-0.25, -0.2) is 0 Å². The molecule has 0 spiro atoms. The van der Waals surface area contributed by atoms with E-state index < -0.39 is 0 Å². The summed E-state index contributed by atoms with van der Waals surface area (Å²) in [5.74, 6) is 1.07. The average molecular weight is 418 g/mol. The van der Waals surface area contributed by atoms with E-state index in [9.17, 15) is 9.59 Å². The Labute approximate surface area is 187 Å². The number of carbonyl (C=O) groups is 2. The molecule has 5 rings (SSSR count). The van der Waals surface area contributed by atoms with Crippen molar-refractivity contribution in [3.8, 4) is 11.5 Å². The Morgan fingerprint density at radius 3 is 2.00 bits per heavy atom. The highest BCUT2D eigenvalue weighted by molar-refractivity contribution is 6.29. The molecular formula is C29H22O3. The molecule has 0 aliphatic heterocycles. The predicted octanol–water partition coefficient (Wildman–Crippen LogP) is 6.60. The molecule has 0 N–H and O–H groups in total. The van der Waals surface area contributed by atoms with Crippen LogP contribution in [0.25, 0.3) is 0 Å². The average Bonchev–Trinajstić information content (AvgIpc) is 2.83. The molecule has 1 unspecified atom stereocenters. The standard InChI is InChI=1S/C29H22O3/c1-19(18-20-8-3-2-4-9-20)21-14-16-22(17-15-21)32-26-13-7-12-25-27(26)29(31)24-11-6-5-10-23(24)28(25)30/h2-17,19H,18H2,1H3. The first kappa shape index (κ1) is 20.0. The monoisotopic (exact) mass is 418 g/mol. The zero-order valence-electron chi connectivity index (χ0n) is 17.7. The third-order valence-corrected chi connectivity index (χ3v) is 5.98. The van der Waals surface area contributed by atoms with Gasteiger partial charge < -0.3 is 4.74 Å². The third-order valence-electron chi connectivity index (χ3n) is 5.98. The zero-order chi connectivity index (χ0) is 22.1. The van der Waals surface area contributed by atoms with Gasteiger partial charge in [-0.15, -0.1) is 0 Å². The van der Waals surface area contributed by atoms with E-state index in [0.29, 0.717) is 39.7 Å². The molecule has 4 aromatic carbocycles. The normalized spacial score (nSPS) is 13.3. The molecule has 0 heterocycles. The van der Waals surface area contributed by atoms with Gasteiger partial charge in [-0.2, -0.15) is 0 Å². The van der Waals surface area contributed by atoms with Crippen LogP contribution in [0.4, 0.5) is 0 Å². The zero-order valence-corrected chi connectivity index (χ0v) is 17.7. The highest BCUT2D eigenvalue weighted by Gasteiger charge is 2.32. The van der Waals surface area contributed by atoms with Gasteiger partial charge in [-0.1, -0.05) is 85.8 Å². The minimum Gasteiger partial charge on any atom is -0.457 e. The van der Waals surface area contributed by atoms with E-state index >= 15 is 0 Å². The Kier molecular flexibility index (Phi) is 5.16. The van der Waals surface area contributed by atoms with Crippen molar-refractivity contribution in [2.75, 3.05) is 0 Å². The number of ether oxygens (including phenoxy) is 1. The summed E-state index contributed by atoms with van der Waals surface area (Å²) in [5.41, 5.74) is 4.11. The fourth-order valence-electron chi connectivity index (χ4n) is 4.28. The quantitative estimate of drug-likeness (QED) is 0.323. The SMILES string of the molecule is CC(Cc1ccccc1)c1ccc(Oc2cccc3c2C(=O)c2ccccc2C3=O)cc1. The van der Waals surface area contributed by atoms with Crippen LogP contribution in [0.3, 0.4) is 0 Å². The van der Waals surface area contributed by atoms with Crippen LogP contribution in [0.15, 0.2) is 97.1 Å². The molecule has 0 bridgehead atoms. The Bertz CT molecular complexity index is 1300. The number of hydrogen-bond acceptors (Lipinski definition) is 3. The summed E-state index contributed by atoms with van der Waals surface area (Å²) in [6, 6.07) is 30.5. The lowest BCUT2D eigenvalue weighted by Crippen LogP contribution is -2.21. The Morgan fingerprint density at radius 2 is 1.28 bits per heavy atom. The topological polar surface area (TPSA) is 43.4 Å². The van der Waals surface area contributed by atoms with Crippen LogP contribution < -0.4 is 4.74 Å². The van der Waals surface area contributed by atoms with Crippen molar-refractivity contribution in [2.24, 2.45) is 0 Å². The van der Waals surface area contributed by atoms with Gasteiger partial charge >= 0.3 is 0 Å². The van der Waals surface area contributed by atoms with Crippen LogP contribution in [-0.2, 0) is 6.42 Å². The maximum absolute atomic E-state index is 13.1. The Balaban J connectivity index is 1.40. The molecule has 3 nitrogen and oxygen atoms in total. The van der Waals surface area contributed by atoms with E-state index in [1.54, 1.807) is 42.5 Å². The van der Waals surface area contributed by atoms with Crippen LogP contribution in [0.1, 0.15) is 55.8 Å². The van der Waals surface area contributed by atoms with Crippen molar-refractivity contribution in [3.63, 3.8) is 0 Å². The number of rotatable bonds is 5. The van der Waals surface area contributed by atoms with Gasteiger partial charge in [-0.05, 0) is 41.7 Å². The molecule has 0 saturated carbocycles. The van der Waals surface area contributed by atoms with Gasteiger partial charge in [-0.3, -0.25) is 9.59 Å². The first-order valence-corrected chi connectivity index (χ1v) is 10.7. The molecule has 0 amide bonds. The summed E-state index contributed by atoms with van der Waals surface area (Å²) in [7, 11) is 0. The van der Waals surface area contributed by atoms with E-state index in [2.05, 4.69) is 43.3 Å². The van der Waals surface area contributed by atoms with Crippen molar-refractivity contribution in [1.82, 2.24) is 0 Å². The number of ketones is 2. The van der Waals surface area contributed by atoms with Gasteiger partial charge in [0.05, 0.1) is 5.56 Å². The maximum atomic E-state index is 13.1. The van der Waals surface area contributed by atoms with Gasteiger partial charge in [0.25, 0.3) is 0 Å².